The number of nitrogens with one attached hydrogen (secondary N) is 1. The Labute approximate surface area is 147 Å². The number of nitrogens with zero attached hydrogens (tertiary/aromatic N) is 1. The van der Waals surface area contributed by atoms with E-state index in [2.05, 4.69) is 10.3 Å². The molecule has 1 aromatic heterocycles. The van der Waals surface area contributed by atoms with Gasteiger partial charge in [0.2, 0.25) is 0 Å². The van der Waals surface area contributed by atoms with Gasteiger partial charge in [-0.3, -0.25) is 4.79 Å². The third-order valence-corrected chi connectivity index (χ3v) is 3.74. The molecule has 126 valence electrons. The standard InChI is InChI=1S/C21H20N2O2/c1-16-9-8-14-19(22-16)23-20(24)15-25-21(17-10-4-2-5-11-17)18-12-6-3-7-13-18/h2-14,21H,15H2,1H3,(H,22,23,24). The predicted octanol–water partition coefficient (Wildman–Crippen LogP) is 4.13. The number of amides is 1. The van der Waals surface area contributed by atoms with E-state index in [0.717, 1.165) is 16.8 Å². The Balaban J connectivity index is 1.70. The SMILES string of the molecule is Cc1cccc(NC(=O)COC(c2ccccc2)c2ccccc2)n1. The lowest BCUT2D eigenvalue weighted by Crippen LogP contribution is -2.21. The van der Waals surface area contributed by atoms with Crippen molar-refractivity contribution >= 4 is 11.7 Å². The maximum Gasteiger partial charge on any atom is 0.251 e. The second kappa shape index (κ2) is 8.22. The van der Waals surface area contributed by atoms with E-state index in [1.54, 1.807) is 6.07 Å². The quantitative estimate of drug-likeness (QED) is 0.738. The molecule has 0 radical (unpaired) electrons. The first-order valence-electron chi connectivity index (χ1n) is 8.17. The van der Waals surface area contributed by atoms with Crippen LogP contribution in [0, 0.1) is 6.92 Å². The summed E-state index contributed by atoms with van der Waals surface area (Å²) < 4.78 is 5.94. The van der Waals surface area contributed by atoms with Crippen molar-refractivity contribution in [2.24, 2.45) is 0 Å². The van der Waals surface area contributed by atoms with E-state index in [1.807, 2.05) is 79.7 Å². The monoisotopic (exact) mass is 332 g/mol. The van der Waals surface area contributed by atoms with Crippen LogP contribution in [0.15, 0.2) is 78.9 Å². The number of anilines is 1. The average molecular weight is 332 g/mol. The summed E-state index contributed by atoms with van der Waals surface area (Å²) in [6.45, 7) is 1.83. The van der Waals surface area contributed by atoms with Crippen molar-refractivity contribution in [2.75, 3.05) is 11.9 Å². The minimum atomic E-state index is -0.293. The largest absolute Gasteiger partial charge is 0.359 e. The zero-order valence-corrected chi connectivity index (χ0v) is 14.1. The van der Waals surface area contributed by atoms with E-state index in [4.69, 9.17) is 4.74 Å². The molecule has 0 fully saturated rings. The number of carbonyl (C=O) groups is 1. The van der Waals surface area contributed by atoms with Gasteiger partial charge in [0.15, 0.2) is 0 Å². The highest BCUT2D eigenvalue weighted by atomic mass is 16.5. The van der Waals surface area contributed by atoms with Crippen LogP contribution < -0.4 is 5.32 Å². The summed E-state index contributed by atoms with van der Waals surface area (Å²) in [4.78, 5) is 16.5. The van der Waals surface area contributed by atoms with Gasteiger partial charge in [0.05, 0.1) is 0 Å². The molecule has 0 atom stereocenters. The fraction of sp³-hybridized carbons (Fsp3) is 0.143. The summed E-state index contributed by atoms with van der Waals surface area (Å²) in [7, 11) is 0. The van der Waals surface area contributed by atoms with Gasteiger partial charge in [0.25, 0.3) is 5.91 Å². The highest BCUT2D eigenvalue weighted by Crippen LogP contribution is 2.25. The number of hydrogen-bond donors (Lipinski definition) is 1. The van der Waals surface area contributed by atoms with Gasteiger partial charge in [0, 0.05) is 5.69 Å². The smallest absolute Gasteiger partial charge is 0.251 e. The second-order valence-electron chi connectivity index (χ2n) is 5.72. The summed E-state index contributed by atoms with van der Waals surface area (Å²) in [5.74, 6) is 0.305. The molecular weight excluding hydrogens is 312 g/mol. The number of rotatable bonds is 6. The Morgan fingerprint density at radius 1 is 0.920 bits per heavy atom. The first-order chi connectivity index (χ1) is 12.2. The van der Waals surface area contributed by atoms with Crippen LogP contribution in [0.2, 0.25) is 0 Å². The summed E-state index contributed by atoms with van der Waals surface area (Å²) in [6, 6.07) is 25.3. The van der Waals surface area contributed by atoms with Crippen molar-refractivity contribution in [3.05, 3.63) is 95.7 Å². The normalized spacial score (nSPS) is 10.6. The number of aromatic nitrogens is 1. The molecule has 1 heterocycles. The van der Waals surface area contributed by atoms with Crippen LogP contribution in [-0.4, -0.2) is 17.5 Å². The molecule has 0 saturated heterocycles. The van der Waals surface area contributed by atoms with Gasteiger partial charge in [0.1, 0.15) is 18.5 Å². The number of pyridine rings is 1. The zero-order valence-electron chi connectivity index (χ0n) is 14.1. The molecule has 0 aliphatic carbocycles. The third-order valence-electron chi connectivity index (χ3n) is 3.74. The Hall–Kier alpha value is -2.98. The van der Waals surface area contributed by atoms with E-state index in [1.165, 1.54) is 0 Å². The number of benzene rings is 2. The van der Waals surface area contributed by atoms with Crippen molar-refractivity contribution in [3.63, 3.8) is 0 Å². The zero-order chi connectivity index (χ0) is 17.5. The van der Waals surface area contributed by atoms with Crippen LogP contribution in [-0.2, 0) is 9.53 Å². The van der Waals surface area contributed by atoms with E-state index < -0.39 is 0 Å². The lowest BCUT2D eigenvalue weighted by molar-refractivity contribution is -0.121. The molecule has 0 bridgehead atoms. The summed E-state index contributed by atoms with van der Waals surface area (Å²) in [5.41, 5.74) is 2.87. The van der Waals surface area contributed by atoms with Gasteiger partial charge in [-0.2, -0.15) is 0 Å². The van der Waals surface area contributed by atoms with Crippen LogP contribution in [0.1, 0.15) is 22.9 Å². The highest BCUT2D eigenvalue weighted by Gasteiger charge is 2.16. The summed E-state index contributed by atoms with van der Waals surface area (Å²) >= 11 is 0. The first kappa shape index (κ1) is 16.9. The maximum atomic E-state index is 12.2. The van der Waals surface area contributed by atoms with E-state index in [9.17, 15) is 4.79 Å². The minimum Gasteiger partial charge on any atom is -0.359 e. The van der Waals surface area contributed by atoms with Crippen molar-refractivity contribution in [1.82, 2.24) is 4.98 Å². The molecule has 1 N–H and O–H groups in total. The number of aryl methyl sites for hydroxylation is 1. The fourth-order valence-corrected chi connectivity index (χ4v) is 2.59. The molecule has 0 aliphatic rings. The molecule has 1 amide bonds. The first-order valence-corrected chi connectivity index (χ1v) is 8.17. The molecule has 3 aromatic rings. The molecular formula is C21H20N2O2. The van der Waals surface area contributed by atoms with Crippen molar-refractivity contribution < 1.29 is 9.53 Å². The van der Waals surface area contributed by atoms with Crippen LogP contribution in [0.5, 0.6) is 0 Å². The molecule has 25 heavy (non-hydrogen) atoms. The summed E-state index contributed by atoms with van der Waals surface area (Å²) in [6.07, 6.45) is -0.293. The van der Waals surface area contributed by atoms with Crippen molar-refractivity contribution in [3.8, 4) is 0 Å². The van der Waals surface area contributed by atoms with Crippen molar-refractivity contribution in [1.29, 1.82) is 0 Å². The van der Waals surface area contributed by atoms with Crippen molar-refractivity contribution in [2.45, 2.75) is 13.0 Å². The number of ether oxygens (including phenoxy) is 1. The van der Waals surface area contributed by atoms with Gasteiger partial charge >= 0.3 is 0 Å². The Morgan fingerprint density at radius 3 is 2.08 bits per heavy atom. The van der Waals surface area contributed by atoms with Gasteiger partial charge in [-0.05, 0) is 30.2 Å². The van der Waals surface area contributed by atoms with Crippen LogP contribution in [0.4, 0.5) is 5.82 Å². The number of carbonyl (C=O) groups excluding carboxylic acids is 1. The van der Waals surface area contributed by atoms with E-state index in [-0.39, 0.29) is 18.6 Å². The van der Waals surface area contributed by atoms with Gasteiger partial charge in [-0.1, -0.05) is 66.7 Å². The van der Waals surface area contributed by atoms with Gasteiger partial charge in [-0.15, -0.1) is 0 Å². The average Bonchev–Trinajstić information content (AvgIpc) is 2.64. The molecule has 3 rings (SSSR count). The third kappa shape index (κ3) is 4.75. The molecule has 4 nitrogen and oxygen atoms in total. The second-order valence-corrected chi connectivity index (χ2v) is 5.72. The molecule has 0 aliphatic heterocycles. The summed E-state index contributed by atoms with van der Waals surface area (Å²) in [5, 5.41) is 2.77. The van der Waals surface area contributed by atoms with Gasteiger partial charge in [-0.25, -0.2) is 4.98 Å². The Bertz CT molecular complexity index is 780. The Morgan fingerprint density at radius 2 is 1.52 bits per heavy atom. The van der Waals surface area contributed by atoms with Gasteiger partial charge < -0.3 is 10.1 Å². The molecule has 2 aromatic carbocycles. The topological polar surface area (TPSA) is 51.2 Å². The molecule has 4 heteroatoms. The lowest BCUT2D eigenvalue weighted by Gasteiger charge is -2.18. The predicted molar refractivity (Wildman–Crippen MR) is 98.3 cm³/mol. The molecule has 0 spiro atoms. The van der Waals surface area contributed by atoms with E-state index in [0.29, 0.717) is 5.82 Å². The van der Waals surface area contributed by atoms with Crippen LogP contribution in [0.3, 0.4) is 0 Å². The maximum absolute atomic E-state index is 12.2. The fourth-order valence-electron chi connectivity index (χ4n) is 2.59. The highest BCUT2D eigenvalue weighted by molar-refractivity contribution is 5.90. The Kier molecular flexibility index (Phi) is 5.54. The number of hydrogen-bond acceptors (Lipinski definition) is 3. The molecule has 0 saturated carbocycles. The minimum absolute atomic E-state index is 0.0515. The van der Waals surface area contributed by atoms with Crippen LogP contribution >= 0.6 is 0 Å². The molecule has 0 unspecified atom stereocenters. The van der Waals surface area contributed by atoms with Crippen LogP contribution in [0.25, 0.3) is 0 Å². The lowest BCUT2D eigenvalue weighted by atomic mass is 10.0. The van der Waals surface area contributed by atoms with E-state index >= 15 is 0 Å².